The molecule has 0 spiro atoms. The molecule has 0 radical (unpaired) electrons. The summed E-state index contributed by atoms with van der Waals surface area (Å²) in [6.45, 7) is 4.09. The molecule has 2 aromatic carbocycles. The minimum Gasteiger partial charge on any atom is -0.493 e. The molecule has 0 aliphatic carbocycles. The molecule has 184 valence electrons. The maximum atomic E-state index is 6.64. The number of aromatic nitrogens is 2. The number of anilines is 1. The topological polar surface area (TPSA) is 56.3 Å². The zero-order chi connectivity index (χ0) is 25.4. The number of rotatable bonds is 5. The summed E-state index contributed by atoms with van der Waals surface area (Å²) in [7, 11) is 1.63. The summed E-state index contributed by atoms with van der Waals surface area (Å²) in [5.74, 6) is 1.86. The van der Waals surface area contributed by atoms with Gasteiger partial charge in [0.15, 0.2) is 11.6 Å². The molecule has 3 heterocycles. The number of fused-ring (bicyclic) bond motifs is 1. The summed E-state index contributed by atoms with van der Waals surface area (Å²) in [6.07, 6.45) is 2.43. The third-order valence-corrected chi connectivity index (χ3v) is 6.90. The number of hydrogen-bond acceptors (Lipinski definition) is 5. The summed E-state index contributed by atoms with van der Waals surface area (Å²) in [5.41, 5.74) is 3.76. The van der Waals surface area contributed by atoms with E-state index in [1.165, 1.54) is 0 Å². The fourth-order valence-corrected chi connectivity index (χ4v) is 5.07. The fourth-order valence-electron chi connectivity index (χ4n) is 4.44. The standard InChI is InChI=1S/C28H24Cl3N3O2/c1-28(2)15-23(33-26-24(35-3)5-4-12-32-26)21-14-20(16-6-8-17(29)9-7-16)25(34-27(21)36-28)19-11-10-18(30)13-22(19)31/h4-14,23H,15H2,1-3H3,(H,32,33)/t23-/m1/s1. The quantitative estimate of drug-likeness (QED) is 0.275. The van der Waals surface area contributed by atoms with Gasteiger partial charge in [-0.2, -0.15) is 0 Å². The summed E-state index contributed by atoms with van der Waals surface area (Å²) in [4.78, 5) is 9.53. The Balaban J connectivity index is 1.70. The lowest BCUT2D eigenvalue weighted by Crippen LogP contribution is -2.37. The number of nitrogens with zero attached hydrogens (tertiary/aromatic N) is 2. The molecular formula is C28H24Cl3N3O2. The number of hydrogen-bond donors (Lipinski definition) is 1. The molecule has 0 amide bonds. The summed E-state index contributed by atoms with van der Waals surface area (Å²) >= 11 is 19.0. The molecule has 0 bridgehead atoms. The van der Waals surface area contributed by atoms with Gasteiger partial charge in [0.25, 0.3) is 0 Å². The van der Waals surface area contributed by atoms with Crippen molar-refractivity contribution in [1.82, 2.24) is 9.97 Å². The van der Waals surface area contributed by atoms with E-state index in [2.05, 4.69) is 16.4 Å². The first-order valence-electron chi connectivity index (χ1n) is 11.4. The predicted molar refractivity (Wildman–Crippen MR) is 147 cm³/mol. The van der Waals surface area contributed by atoms with E-state index in [9.17, 15) is 0 Å². The van der Waals surface area contributed by atoms with Gasteiger partial charge in [0.2, 0.25) is 5.88 Å². The van der Waals surface area contributed by atoms with Gasteiger partial charge in [0.05, 0.1) is 23.9 Å². The van der Waals surface area contributed by atoms with Crippen molar-refractivity contribution in [3.8, 4) is 34.0 Å². The number of benzene rings is 2. The molecule has 1 aliphatic heterocycles. The van der Waals surface area contributed by atoms with Crippen LogP contribution in [0.3, 0.4) is 0 Å². The van der Waals surface area contributed by atoms with Crippen molar-refractivity contribution in [3.63, 3.8) is 0 Å². The Kier molecular flexibility index (Phi) is 6.73. The van der Waals surface area contributed by atoms with Crippen LogP contribution in [0.1, 0.15) is 31.9 Å². The summed E-state index contributed by atoms with van der Waals surface area (Å²) < 4.78 is 11.9. The minimum atomic E-state index is -0.470. The second-order valence-electron chi connectivity index (χ2n) is 9.23. The van der Waals surface area contributed by atoms with Gasteiger partial charge in [-0.05, 0) is 67.9 Å². The Morgan fingerprint density at radius 1 is 0.972 bits per heavy atom. The molecule has 0 unspecified atom stereocenters. The van der Waals surface area contributed by atoms with Crippen LogP contribution in [0.2, 0.25) is 15.1 Å². The van der Waals surface area contributed by atoms with Crippen LogP contribution in [0, 0.1) is 0 Å². The van der Waals surface area contributed by atoms with Gasteiger partial charge in [0.1, 0.15) is 5.60 Å². The average molecular weight is 541 g/mol. The largest absolute Gasteiger partial charge is 0.493 e. The molecule has 0 saturated carbocycles. The zero-order valence-electron chi connectivity index (χ0n) is 20.0. The van der Waals surface area contributed by atoms with E-state index < -0.39 is 5.60 Å². The molecule has 1 aliphatic rings. The highest BCUT2D eigenvalue weighted by Gasteiger charge is 2.36. The molecule has 1 N–H and O–H groups in total. The minimum absolute atomic E-state index is 0.124. The summed E-state index contributed by atoms with van der Waals surface area (Å²) in [5, 5.41) is 5.28. The number of nitrogens with one attached hydrogen (secondary N) is 1. The van der Waals surface area contributed by atoms with Gasteiger partial charge in [-0.25, -0.2) is 9.97 Å². The van der Waals surface area contributed by atoms with Gasteiger partial charge < -0.3 is 14.8 Å². The third kappa shape index (κ3) is 4.96. The first-order valence-corrected chi connectivity index (χ1v) is 12.6. The van der Waals surface area contributed by atoms with E-state index in [-0.39, 0.29) is 6.04 Å². The molecule has 36 heavy (non-hydrogen) atoms. The van der Waals surface area contributed by atoms with Crippen molar-refractivity contribution in [2.75, 3.05) is 12.4 Å². The van der Waals surface area contributed by atoms with E-state index in [1.54, 1.807) is 25.4 Å². The van der Waals surface area contributed by atoms with Gasteiger partial charge in [-0.15, -0.1) is 0 Å². The first-order chi connectivity index (χ1) is 17.2. The van der Waals surface area contributed by atoms with Crippen molar-refractivity contribution >= 4 is 40.6 Å². The highest BCUT2D eigenvalue weighted by molar-refractivity contribution is 6.36. The highest BCUT2D eigenvalue weighted by Crippen LogP contribution is 2.46. The smallest absolute Gasteiger partial charge is 0.219 e. The van der Waals surface area contributed by atoms with E-state index in [1.807, 2.05) is 56.3 Å². The van der Waals surface area contributed by atoms with Crippen LogP contribution in [0.25, 0.3) is 22.4 Å². The average Bonchev–Trinajstić information content (AvgIpc) is 2.84. The van der Waals surface area contributed by atoms with Crippen LogP contribution in [-0.2, 0) is 0 Å². The van der Waals surface area contributed by atoms with Gasteiger partial charge in [-0.3, -0.25) is 0 Å². The van der Waals surface area contributed by atoms with Gasteiger partial charge in [-0.1, -0.05) is 46.9 Å². The fraction of sp³-hybridized carbons (Fsp3) is 0.214. The number of ether oxygens (including phenoxy) is 2. The lowest BCUT2D eigenvalue weighted by molar-refractivity contribution is 0.0698. The molecule has 2 aromatic heterocycles. The van der Waals surface area contributed by atoms with E-state index >= 15 is 0 Å². The maximum absolute atomic E-state index is 6.64. The van der Waals surface area contributed by atoms with Crippen molar-refractivity contribution in [2.24, 2.45) is 0 Å². The molecule has 0 fully saturated rings. The van der Waals surface area contributed by atoms with Crippen LogP contribution < -0.4 is 14.8 Å². The number of pyridine rings is 2. The molecular weight excluding hydrogens is 517 g/mol. The molecule has 0 saturated heterocycles. The molecule has 4 aromatic rings. The highest BCUT2D eigenvalue weighted by atomic mass is 35.5. The van der Waals surface area contributed by atoms with Gasteiger partial charge >= 0.3 is 0 Å². The lowest BCUT2D eigenvalue weighted by Gasteiger charge is -2.38. The van der Waals surface area contributed by atoms with Crippen molar-refractivity contribution < 1.29 is 9.47 Å². The van der Waals surface area contributed by atoms with Crippen molar-refractivity contribution in [2.45, 2.75) is 31.9 Å². The maximum Gasteiger partial charge on any atom is 0.219 e. The van der Waals surface area contributed by atoms with E-state index in [0.717, 1.165) is 22.3 Å². The Bertz CT molecular complexity index is 1420. The Labute approximate surface area is 225 Å². The van der Waals surface area contributed by atoms with Crippen LogP contribution in [0.4, 0.5) is 5.82 Å². The number of halogens is 3. The number of methoxy groups -OCH3 is 1. The van der Waals surface area contributed by atoms with E-state index in [4.69, 9.17) is 49.3 Å². The Hall–Kier alpha value is -2.99. The van der Waals surface area contributed by atoms with Crippen LogP contribution in [-0.4, -0.2) is 22.7 Å². The molecule has 5 nitrogen and oxygen atoms in total. The normalized spacial score (nSPS) is 16.1. The van der Waals surface area contributed by atoms with Crippen LogP contribution in [0.15, 0.2) is 66.9 Å². The van der Waals surface area contributed by atoms with Crippen LogP contribution >= 0.6 is 34.8 Å². The SMILES string of the molecule is COc1cccnc1N[C@@H]1CC(C)(C)Oc2nc(-c3ccc(Cl)cc3Cl)c(-c3ccc(Cl)cc3)cc21. The molecule has 5 rings (SSSR count). The second-order valence-corrected chi connectivity index (χ2v) is 10.5. The Morgan fingerprint density at radius 2 is 1.72 bits per heavy atom. The monoisotopic (exact) mass is 539 g/mol. The molecule has 1 atom stereocenters. The summed E-state index contributed by atoms with van der Waals surface area (Å²) in [6, 6.07) is 18.8. The third-order valence-electron chi connectivity index (χ3n) is 6.10. The lowest BCUT2D eigenvalue weighted by atomic mass is 9.88. The predicted octanol–water partition coefficient (Wildman–Crippen LogP) is 8.49. The van der Waals surface area contributed by atoms with Gasteiger partial charge in [0, 0.05) is 39.4 Å². The molecule has 8 heteroatoms. The Morgan fingerprint density at radius 3 is 2.44 bits per heavy atom. The zero-order valence-corrected chi connectivity index (χ0v) is 22.2. The van der Waals surface area contributed by atoms with Crippen molar-refractivity contribution in [3.05, 3.63) is 87.5 Å². The second kappa shape index (κ2) is 9.81. The first kappa shape index (κ1) is 24.7. The van der Waals surface area contributed by atoms with E-state index in [0.29, 0.717) is 44.6 Å². The van der Waals surface area contributed by atoms with Crippen LogP contribution in [0.5, 0.6) is 11.6 Å². The van der Waals surface area contributed by atoms with Crippen molar-refractivity contribution in [1.29, 1.82) is 0 Å².